The Balaban J connectivity index is 3.38. The maximum absolute atomic E-state index is 6.51. The summed E-state index contributed by atoms with van der Waals surface area (Å²) >= 11 is 0. The molecular weight excluding hydrogens is 386 g/mol. The number of nitrogens with two attached hydrogens (primary N) is 1. The summed E-state index contributed by atoms with van der Waals surface area (Å²) in [7, 11) is 0. The molecule has 0 aliphatic carbocycles. The molecule has 0 radical (unpaired) electrons. The van der Waals surface area contributed by atoms with Crippen LogP contribution in [-0.4, -0.2) is 6.04 Å². The largest absolute Gasteiger partial charge is 0.327 e. The van der Waals surface area contributed by atoms with E-state index in [-0.39, 0.29) is 0 Å². The average Bonchev–Trinajstić information content (AvgIpc) is 2.80. The summed E-state index contributed by atoms with van der Waals surface area (Å²) in [6.45, 7) is 6.89. The Bertz CT molecular complexity index is 397. The van der Waals surface area contributed by atoms with E-state index in [0.29, 0.717) is 6.04 Å². The van der Waals surface area contributed by atoms with E-state index in [9.17, 15) is 0 Å². The smallest absolute Gasteiger partial charge is 0.00670 e. The second-order valence-electron chi connectivity index (χ2n) is 10.1. The molecule has 0 spiro atoms. The van der Waals surface area contributed by atoms with Gasteiger partial charge >= 0.3 is 0 Å². The minimum absolute atomic E-state index is 0.442. The van der Waals surface area contributed by atoms with E-state index in [0.717, 1.165) is 12.3 Å². The molecule has 0 aromatic carbocycles. The Morgan fingerprint density at radius 3 is 1.50 bits per heavy atom. The van der Waals surface area contributed by atoms with Gasteiger partial charge in [-0.1, -0.05) is 141 Å². The molecular formula is C31H61N. The molecule has 0 aromatic heterocycles. The molecule has 1 heteroatoms. The second kappa shape index (κ2) is 26.7. The van der Waals surface area contributed by atoms with E-state index in [1.165, 1.54) is 135 Å². The van der Waals surface area contributed by atoms with Crippen molar-refractivity contribution in [2.24, 2.45) is 11.7 Å². The number of hydrogen-bond acceptors (Lipinski definition) is 1. The predicted octanol–water partition coefficient (Wildman–Crippen LogP) is 10.7. The van der Waals surface area contributed by atoms with Crippen LogP contribution in [0.15, 0.2) is 24.3 Å². The number of hydrogen-bond donors (Lipinski definition) is 1. The van der Waals surface area contributed by atoms with Gasteiger partial charge in [-0.2, -0.15) is 0 Å². The highest BCUT2D eigenvalue weighted by molar-refractivity contribution is 4.92. The molecule has 0 aromatic rings. The molecule has 0 aliphatic rings. The normalized spacial score (nSPS) is 14.0. The number of rotatable bonds is 25. The van der Waals surface area contributed by atoms with Crippen molar-refractivity contribution in [2.75, 3.05) is 0 Å². The third-order valence-electron chi connectivity index (χ3n) is 7.05. The SMILES string of the molecule is CCCCCC=CCC=CCCCCCCCCCCCC(N)C(CC)CCCCCC. The van der Waals surface area contributed by atoms with Gasteiger partial charge in [0.05, 0.1) is 0 Å². The fraction of sp³-hybridized carbons (Fsp3) is 0.871. The monoisotopic (exact) mass is 447 g/mol. The minimum Gasteiger partial charge on any atom is -0.327 e. The summed E-state index contributed by atoms with van der Waals surface area (Å²) < 4.78 is 0. The lowest BCUT2D eigenvalue weighted by molar-refractivity contribution is 0.343. The van der Waals surface area contributed by atoms with Crippen molar-refractivity contribution >= 4 is 0 Å². The van der Waals surface area contributed by atoms with Gasteiger partial charge in [0.2, 0.25) is 0 Å². The van der Waals surface area contributed by atoms with Crippen LogP contribution in [-0.2, 0) is 0 Å². The van der Waals surface area contributed by atoms with Crippen molar-refractivity contribution in [1.82, 2.24) is 0 Å². The Morgan fingerprint density at radius 2 is 0.938 bits per heavy atom. The minimum atomic E-state index is 0.442. The Labute approximate surface area is 204 Å². The molecule has 190 valence electrons. The van der Waals surface area contributed by atoms with E-state index >= 15 is 0 Å². The van der Waals surface area contributed by atoms with E-state index in [1.54, 1.807) is 0 Å². The molecule has 0 fully saturated rings. The van der Waals surface area contributed by atoms with Crippen LogP contribution in [0.25, 0.3) is 0 Å². The van der Waals surface area contributed by atoms with Gasteiger partial charge in [0.1, 0.15) is 0 Å². The first-order valence-electron chi connectivity index (χ1n) is 14.8. The van der Waals surface area contributed by atoms with E-state index in [1.807, 2.05) is 0 Å². The Morgan fingerprint density at radius 1 is 0.500 bits per heavy atom. The van der Waals surface area contributed by atoms with E-state index in [4.69, 9.17) is 5.73 Å². The third-order valence-corrected chi connectivity index (χ3v) is 7.05. The standard InChI is InChI=1S/C31H61N/c1-4-7-9-11-12-13-14-15-16-17-18-19-20-21-22-23-24-25-27-29-31(32)30(6-3)28-26-10-8-5-2/h12-13,15-16,30-31H,4-11,14,17-29,32H2,1-3H3. The summed E-state index contributed by atoms with van der Waals surface area (Å²) in [6, 6.07) is 0.442. The highest BCUT2D eigenvalue weighted by Crippen LogP contribution is 2.21. The first kappa shape index (κ1) is 31.4. The van der Waals surface area contributed by atoms with Crippen LogP contribution in [0.1, 0.15) is 162 Å². The number of allylic oxidation sites excluding steroid dienone is 4. The molecule has 32 heavy (non-hydrogen) atoms. The summed E-state index contributed by atoms with van der Waals surface area (Å²) in [5.41, 5.74) is 6.51. The molecule has 0 aliphatic heterocycles. The van der Waals surface area contributed by atoms with Crippen LogP contribution in [0, 0.1) is 5.92 Å². The maximum Gasteiger partial charge on any atom is 0.00670 e. The van der Waals surface area contributed by atoms with Crippen LogP contribution >= 0.6 is 0 Å². The maximum atomic E-state index is 6.51. The first-order chi connectivity index (χ1) is 15.8. The lowest BCUT2D eigenvalue weighted by Crippen LogP contribution is -2.29. The molecule has 0 rings (SSSR count). The van der Waals surface area contributed by atoms with E-state index in [2.05, 4.69) is 45.1 Å². The van der Waals surface area contributed by atoms with Crippen molar-refractivity contribution in [2.45, 2.75) is 168 Å². The van der Waals surface area contributed by atoms with Crippen molar-refractivity contribution in [3.8, 4) is 0 Å². The molecule has 1 nitrogen and oxygen atoms in total. The summed E-state index contributed by atoms with van der Waals surface area (Å²) in [5.74, 6) is 0.758. The lowest BCUT2D eigenvalue weighted by Gasteiger charge is -2.22. The molecule has 0 heterocycles. The van der Waals surface area contributed by atoms with Crippen LogP contribution in [0.2, 0.25) is 0 Å². The third kappa shape index (κ3) is 22.6. The molecule has 0 saturated heterocycles. The molecule has 0 saturated carbocycles. The van der Waals surface area contributed by atoms with Gasteiger partial charge in [-0.05, 0) is 50.9 Å². The first-order valence-corrected chi connectivity index (χ1v) is 14.8. The van der Waals surface area contributed by atoms with Crippen LogP contribution in [0.4, 0.5) is 0 Å². The lowest BCUT2D eigenvalue weighted by atomic mass is 9.88. The van der Waals surface area contributed by atoms with Gasteiger partial charge < -0.3 is 5.73 Å². The molecule has 0 bridgehead atoms. The summed E-state index contributed by atoms with van der Waals surface area (Å²) in [6.07, 6.45) is 39.1. The van der Waals surface area contributed by atoms with Crippen molar-refractivity contribution in [3.05, 3.63) is 24.3 Å². The highest BCUT2D eigenvalue weighted by Gasteiger charge is 2.15. The fourth-order valence-electron chi connectivity index (χ4n) is 4.69. The van der Waals surface area contributed by atoms with Crippen molar-refractivity contribution < 1.29 is 0 Å². The van der Waals surface area contributed by atoms with Gasteiger partial charge in [0, 0.05) is 6.04 Å². The fourth-order valence-corrected chi connectivity index (χ4v) is 4.69. The molecule has 2 N–H and O–H groups in total. The molecule has 2 unspecified atom stereocenters. The van der Waals surface area contributed by atoms with Crippen LogP contribution in [0.3, 0.4) is 0 Å². The summed E-state index contributed by atoms with van der Waals surface area (Å²) in [4.78, 5) is 0. The highest BCUT2D eigenvalue weighted by atomic mass is 14.6. The Hall–Kier alpha value is -0.560. The predicted molar refractivity (Wildman–Crippen MR) is 148 cm³/mol. The zero-order valence-electron chi connectivity index (χ0n) is 22.6. The molecule has 2 atom stereocenters. The van der Waals surface area contributed by atoms with Crippen LogP contribution in [0.5, 0.6) is 0 Å². The zero-order chi connectivity index (χ0) is 23.5. The Kier molecular flexibility index (Phi) is 26.2. The van der Waals surface area contributed by atoms with Crippen molar-refractivity contribution in [3.63, 3.8) is 0 Å². The topological polar surface area (TPSA) is 26.0 Å². The van der Waals surface area contributed by atoms with Gasteiger partial charge in [0.25, 0.3) is 0 Å². The van der Waals surface area contributed by atoms with Crippen LogP contribution < -0.4 is 5.73 Å². The van der Waals surface area contributed by atoms with Gasteiger partial charge in [-0.3, -0.25) is 0 Å². The van der Waals surface area contributed by atoms with Crippen molar-refractivity contribution in [1.29, 1.82) is 0 Å². The van der Waals surface area contributed by atoms with E-state index < -0.39 is 0 Å². The average molecular weight is 448 g/mol. The molecule has 0 amide bonds. The quantitative estimate of drug-likeness (QED) is 0.109. The van der Waals surface area contributed by atoms with Gasteiger partial charge in [-0.25, -0.2) is 0 Å². The summed E-state index contributed by atoms with van der Waals surface area (Å²) in [5, 5.41) is 0. The number of unbranched alkanes of at least 4 members (excludes halogenated alkanes) is 15. The zero-order valence-corrected chi connectivity index (χ0v) is 22.6. The van der Waals surface area contributed by atoms with Gasteiger partial charge in [-0.15, -0.1) is 0 Å². The second-order valence-corrected chi connectivity index (χ2v) is 10.1. The van der Waals surface area contributed by atoms with Gasteiger partial charge in [0.15, 0.2) is 0 Å².